The number of esters is 1. The van der Waals surface area contributed by atoms with Crippen molar-refractivity contribution >= 4 is 18.0 Å². The van der Waals surface area contributed by atoms with Crippen LogP contribution >= 0.6 is 0 Å². The number of aromatic hydroxyl groups is 1. The molecule has 4 rings (SSSR count). The molecule has 2 saturated heterocycles. The first kappa shape index (κ1) is 38.1. The average molecular weight is 701 g/mol. The van der Waals surface area contributed by atoms with E-state index in [1.165, 1.54) is 30.4 Å². The zero-order chi connectivity index (χ0) is 36.0. The lowest BCUT2D eigenvalue weighted by Gasteiger charge is -2.43. The van der Waals surface area contributed by atoms with Crippen molar-refractivity contribution in [2.75, 3.05) is 19.8 Å². The molecule has 2 fully saturated rings. The van der Waals surface area contributed by atoms with Crippen LogP contribution in [0, 0.1) is 11.8 Å². The van der Waals surface area contributed by atoms with Crippen LogP contribution in [0.4, 0.5) is 0 Å². The lowest BCUT2D eigenvalue weighted by atomic mass is 9.82. The van der Waals surface area contributed by atoms with E-state index in [0.29, 0.717) is 5.56 Å². The van der Waals surface area contributed by atoms with Crippen LogP contribution < -0.4 is 4.74 Å². The van der Waals surface area contributed by atoms with Crippen molar-refractivity contribution in [2.45, 2.75) is 74.1 Å². The molecule has 0 aliphatic carbocycles. The molecule has 13 atom stereocenters. The van der Waals surface area contributed by atoms with Crippen molar-refractivity contribution in [1.82, 2.24) is 0 Å². The Bertz CT molecular complexity index is 1360. The summed E-state index contributed by atoms with van der Waals surface area (Å²) in [6, 6.07) is 3.90. The molecule has 0 radical (unpaired) electrons. The van der Waals surface area contributed by atoms with E-state index in [1.807, 2.05) is 0 Å². The van der Waals surface area contributed by atoms with Gasteiger partial charge in [0, 0.05) is 17.9 Å². The number of carbonyl (C=O) groups is 2. The van der Waals surface area contributed by atoms with E-state index >= 15 is 0 Å². The van der Waals surface area contributed by atoms with Crippen molar-refractivity contribution in [3.63, 3.8) is 0 Å². The third-order valence-corrected chi connectivity index (χ3v) is 8.30. The van der Waals surface area contributed by atoms with Gasteiger partial charge in [0.25, 0.3) is 0 Å². The predicted octanol–water partition coefficient (Wildman–Crippen LogP) is -2.92. The quantitative estimate of drug-likeness (QED) is 0.0560. The second-order valence-electron chi connectivity index (χ2n) is 11.5. The molecule has 3 aliphatic rings. The number of aliphatic carboxylic acids is 1. The minimum atomic E-state index is -1.74. The van der Waals surface area contributed by atoms with Crippen LogP contribution in [0.2, 0.25) is 0 Å². The summed E-state index contributed by atoms with van der Waals surface area (Å²) in [5.41, 5.74) is 0.121. The molecule has 3 heterocycles. The number of aliphatic hydroxyl groups is 8. The van der Waals surface area contributed by atoms with Crippen LogP contribution in [0.15, 0.2) is 48.8 Å². The summed E-state index contributed by atoms with van der Waals surface area (Å²) in [6.45, 7) is 2.04. The number of hydrogen-bond donors (Lipinski definition) is 10. The van der Waals surface area contributed by atoms with Gasteiger partial charge in [-0.15, -0.1) is 6.58 Å². The molecule has 1 aromatic carbocycles. The monoisotopic (exact) mass is 700 g/mol. The van der Waals surface area contributed by atoms with Gasteiger partial charge < -0.3 is 79.5 Å². The lowest BCUT2D eigenvalue weighted by molar-refractivity contribution is -0.339. The van der Waals surface area contributed by atoms with Gasteiger partial charge in [0.05, 0.1) is 31.7 Å². The smallest absolute Gasteiger partial charge is 0.334 e. The number of ether oxygens (including phenoxy) is 6. The minimum absolute atomic E-state index is 0.0530. The normalized spacial score (nSPS) is 36.4. The fraction of sp³-hybridized carbons (Fsp3) is 0.548. The summed E-state index contributed by atoms with van der Waals surface area (Å²) in [7, 11) is 0. The summed E-state index contributed by atoms with van der Waals surface area (Å²) >= 11 is 0. The number of carbonyl (C=O) groups excluding carboxylic acids is 1. The molecule has 18 nitrogen and oxygen atoms in total. The van der Waals surface area contributed by atoms with Crippen LogP contribution in [0.3, 0.4) is 0 Å². The Balaban J connectivity index is 1.37. The van der Waals surface area contributed by atoms with Crippen molar-refractivity contribution in [3.05, 3.63) is 54.3 Å². The molecule has 0 saturated carbocycles. The van der Waals surface area contributed by atoms with Crippen LogP contribution in [0.1, 0.15) is 12.0 Å². The Kier molecular flexibility index (Phi) is 13.1. The van der Waals surface area contributed by atoms with E-state index in [-0.39, 0.29) is 30.1 Å². The van der Waals surface area contributed by atoms with Crippen LogP contribution in [-0.2, 0) is 33.3 Å². The number of aliphatic hydroxyl groups excluding tert-OH is 8. The first-order valence-electron chi connectivity index (χ1n) is 15.1. The zero-order valence-electron chi connectivity index (χ0n) is 25.8. The molecule has 3 aliphatic heterocycles. The number of carboxylic acids is 1. The largest absolute Gasteiger partial charge is 0.504 e. The highest BCUT2D eigenvalue weighted by Gasteiger charge is 2.48. The van der Waals surface area contributed by atoms with Crippen molar-refractivity contribution in [3.8, 4) is 11.5 Å². The van der Waals surface area contributed by atoms with Gasteiger partial charge in [-0.1, -0.05) is 12.1 Å². The first-order valence-corrected chi connectivity index (χ1v) is 15.1. The summed E-state index contributed by atoms with van der Waals surface area (Å²) < 4.78 is 32.5. The summed E-state index contributed by atoms with van der Waals surface area (Å²) in [5, 5.41) is 99.4. The van der Waals surface area contributed by atoms with E-state index in [4.69, 9.17) is 28.4 Å². The fourth-order valence-electron chi connectivity index (χ4n) is 5.50. The molecule has 0 aromatic heterocycles. The van der Waals surface area contributed by atoms with Gasteiger partial charge in [-0.3, -0.25) is 0 Å². The Morgan fingerprint density at radius 1 is 0.857 bits per heavy atom. The molecule has 0 amide bonds. The van der Waals surface area contributed by atoms with Gasteiger partial charge >= 0.3 is 11.9 Å². The molecular formula is C31H40O18. The molecular weight excluding hydrogens is 660 g/mol. The number of phenolic OH excluding ortho intramolecular Hbond substituents is 1. The maximum Gasteiger partial charge on any atom is 0.334 e. The third-order valence-electron chi connectivity index (χ3n) is 8.30. The molecule has 10 N–H and O–H groups in total. The van der Waals surface area contributed by atoms with Gasteiger partial charge in [-0.2, -0.15) is 0 Å². The zero-order valence-corrected chi connectivity index (χ0v) is 25.8. The average Bonchev–Trinajstić information content (AvgIpc) is 3.08. The van der Waals surface area contributed by atoms with Crippen LogP contribution in [0.5, 0.6) is 11.5 Å². The van der Waals surface area contributed by atoms with E-state index in [1.54, 1.807) is 0 Å². The number of rotatable bonds is 13. The van der Waals surface area contributed by atoms with Crippen molar-refractivity contribution < 1.29 is 89.1 Å². The van der Waals surface area contributed by atoms with Gasteiger partial charge in [-0.25, -0.2) is 9.59 Å². The molecule has 272 valence electrons. The Morgan fingerprint density at radius 2 is 1.47 bits per heavy atom. The van der Waals surface area contributed by atoms with Crippen LogP contribution in [0.25, 0.3) is 6.08 Å². The van der Waals surface area contributed by atoms with E-state index in [2.05, 4.69) is 6.58 Å². The maximum atomic E-state index is 12.5. The van der Waals surface area contributed by atoms with Crippen molar-refractivity contribution in [2.24, 2.45) is 11.8 Å². The fourth-order valence-corrected chi connectivity index (χ4v) is 5.50. The van der Waals surface area contributed by atoms with Gasteiger partial charge in [0.1, 0.15) is 48.8 Å². The van der Waals surface area contributed by atoms with E-state index in [9.17, 15) is 60.7 Å². The standard InChI is InChI=1S/C31H40O18/c1-2-14-15(16(28(42)43)12-45-29(14)49-31-27(41)25(39)23(37)20(11-33)48-31)7-8-44-21(35)6-4-13-3-5-17(34)18(9-13)46-30-26(40)24(38)22(36)19(10-32)47-30/h2-6,9,12,14-15,19-20,22-27,29-34,36-41H,1,7-8,10-11H2,(H,42,43)/b6-4+/t14-,15+,19-,20-,22-,23-,24+,25+,26-,27-,29+,30-,31+/m1/s1. The molecule has 0 unspecified atom stereocenters. The molecule has 49 heavy (non-hydrogen) atoms. The topological polar surface area (TPSA) is 292 Å². The van der Waals surface area contributed by atoms with Gasteiger partial charge in [0.2, 0.25) is 12.6 Å². The first-order chi connectivity index (χ1) is 23.3. The number of benzene rings is 1. The van der Waals surface area contributed by atoms with Crippen molar-refractivity contribution in [1.29, 1.82) is 0 Å². The number of phenols is 1. The maximum absolute atomic E-state index is 12.5. The highest BCUT2D eigenvalue weighted by molar-refractivity contribution is 5.88. The van der Waals surface area contributed by atoms with Gasteiger partial charge in [-0.05, 0) is 30.2 Å². The molecule has 18 heteroatoms. The van der Waals surface area contributed by atoms with Crippen LogP contribution in [-0.4, -0.2) is 151 Å². The number of carboxylic acid groups (broad SMARTS) is 1. The third kappa shape index (κ3) is 8.74. The molecule has 1 aromatic rings. The highest BCUT2D eigenvalue weighted by atomic mass is 16.8. The molecule has 0 bridgehead atoms. The SMILES string of the molecule is C=C[C@H]1[C@H](O[C@@H]2O[C@H](CO)[C@@H](O)[C@H](O)[C@H]2O)OC=C(C(=O)O)[C@H]1CCOC(=O)/C=C/c1ccc(O)c(O[C@@H]2O[C@H](CO)[C@@H](O)[C@H](O)[C@H]2O)c1. The predicted molar refractivity (Wildman–Crippen MR) is 160 cm³/mol. The number of hydrogen-bond acceptors (Lipinski definition) is 17. The van der Waals surface area contributed by atoms with E-state index in [0.717, 1.165) is 12.3 Å². The Morgan fingerprint density at radius 3 is 2.06 bits per heavy atom. The second kappa shape index (κ2) is 16.8. The summed E-state index contributed by atoms with van der Waals surface area (Å²) in [4.78, 5) is 24.5. The summed E-state index contributed by atoms with van der Waals surface area (Å²) in [6.07, 6.45) is -12.5. The minimum Gasteiger partial charge on any atom is -0.504 e. The second-order valence-corrected chi connectivity index (χ2v) is 11.5. The lowest BCUT2D eigenvalue weighted by Crippen LogP contribution is -2.60. The summed E-state index contributed by atoms with van der Waals surface area (Å²) in [5.74, 6) is -4.54. The van der Waals surface area contributed by atoms with E-state index < -0.39 is 105 Å². The molecule has 0 spiro atoms. The van der Waals surface area contributed by atoms with Gasteiger partial charge in [0.15, 0.2) is 17.8 Å². The highest BCUT2D eigenvalue weighted by Crippen LogP contribution is 2.37. The Hall–Kier alpha value is -3.66. The Labute approximate surface area is 278 Å².